The summed E-state index contributed by atoms with van der Waals surface area (Å²) in [5, 5.41) is 8.87. The third-order valence-electron chi connectivity index (χ3n) is 3.05. The Morgan fingerprint density at radius 2 is 2.22 bits per heavy atom. The average Bonchev–Trinajstić information content (AvgIpc) is 2.50. The van der Waals surface area contributed by atoms with Gasteiger partial charge in [0.25, 0.3) is 5.56 Å². The summed E-state index contributed by atoms with van der Waals surface area (Å²) in [6.07, 6.45) is -0.137. The van der Waals surface area contributed by atoms with Gasteiger partial charge in [0, 0.05) is 0 Å². The standard InChI is InChI=1S/C14H17N5O4/c1-2-23-9-5-7(6-10(20)21)3-4-8(9)12-17-13(19-16)11(15)14(22)18-12/h3-5H,2,6,15-16H2,1H3,(H,20,21)(H2,17,18,19,22). The highest BCUT2D eigenvalue weighted by atomic mass is 16.5. The molecule has 0 aliphatic rings. The first-order chi connectivity index (χ1) is 11.0. The summed E-state index contributed by atoms with van der Waals surface area (Å²) in [6, 6.07) is 4.84. The van der Waals surface area contributed by atoms with Gasteiger partial charge in [-0.05, 0) is 24.6 Å². The van der Waals surface area contributed by atoms with Gasteiger partial charge in [-0.15, -0.1) is 0 Å². The van der Waals surface area contributed by atoms with Crippen molar-refractivity contribution < 1.29 is 14.6 Å². The predicted molar refractivity (Wildman–Crippen MR) is 85.0 cm³/mol. The molecule has 122 valence electrons. The average molecular weight is 319 g/mol. The monoisotopic (exact) mass is 319 g/mol. The molecule has 0 atom stereocenters. The molecule has 2 rings (SSSR count). The Balaban J connectivity index is 2.56. The summed E-state index contributed by atoms with van der Waals surface area (Å²) >= 11 is 0. The van der Waals surface area contributed by atoms with Gasteiger partial charge in [0.2, 0.25) is 0 Å². The minimum absolute atomic E-state index is 0.0424. The fourth-order valence-electron chi connectivity index (χ4n) is 2.04. The van der Waals surface area contributed by atoms with Gasteiger partial charge < -0.3 is 26.0 Å². The number of nitrogens with two attached hydrogens (primary N) is 2. The van der Waals surface area contributed by atoms with Crippen LogP contribution in [0.1, 0.15) is 12.5 Å². The summed E-state index contributed by atoms with van der Waals surface area (Å²) in [7, 11) is 0. The number of carboxylic acids is 1. The topological polar surface area (TPSA) is 156 Å². The van der Waals surface area contributed by atoms with E-state index >= 15 is 0 Å². The number of aromatic amines is 1. The number of hydrogen-bond donors (Lipinski definition) is 5. The Bertz CT molecular complexity index is 787. The lowest BCUT2D eigenvalue weighted by Crippen LogP contribution is -2.20. The van der Waals surface area contributed by atoms with Gasteiger partial charge in [-0.3, -0.25) is 9.59 Å². The van der Waals surface area contributed by atoms with Crippen molar-refractivity contribution in [3.8, 4) is 17.1 Å². The van der Waals surface area contributed by atoms with Crippen molar-refractivity contribution in [1.29, 1.82) is 0 Å². The molecule has 0 bridgehead atoms. The van der Waals surface area contributed by atoms with Gasteiger partial charge in [0.05, 0.1) is 18.6 Å². The number of carboxylic acid groups (broad SMARTS) is 1. The van der Waals surface area contributed by atoms with E-state index in [2.05, 4.69) is 15.4 Å². The van der Waals surface area contributed by atoms with Crippen molar-refractivity contribution >= 4 is 17.5 Å². The quantitative estimate of drug-likeness (QED) is 0.376. The molecule has 2 aromatic rings. The maximum Gasteiger partial charge on any atom is 0.307 e. The fourth-order valence-corrected chi connectivity index (χ4v) is 2.04. The molecule has 0 unspecified atom stereocenters. The number of nitrogens with one attached hydrogen (secondary N) is 2. The Labute approximate surface area is 131 Å². The number of rotatable bonds is 6. The number of aromatic nitrogens is 2. The number of nitrogens with zero attached hydrogens (tertiary/aromatic N) is 1. The van der Waals surface area contributed by atoms with Crippen molar-refractivity contribution in [2.45, 2.75) is 13.3 Å². The van der Waals surface area contributed by atoms with Crippen molar-refractivity contribution in [3.63, 3.8) is 0 Å². The van der Waals surface area contributed by atoms with Gasteiger partial charge in [0.1, 0.15) is 17.3 Å². The summed E-state index contributed by atoms with van der Waals surface area (Å²) in [4.78, 5) is 29.3. The zero-order valence-electron chi connectivity index (χ0n) is 12.4. The number of aliphatic carboxylic acids is 1. The largest absolute Gasteiger partial charge is 0.493 e. The number of carbonyl (C=O) groups is 1. The zero-order valence-corrected chi connectivity index (χ0v) is 12.4. The molecule has 0 fully saturated rings. The van der Waals surface area contributed by atoms with E-state index in [4.69, 9.17) is 21.4 Å². The number of hydrogen-bond acceptors (Lipinski definition) is 7. The molecule has 0 saturated heterocycles. The lowest BCUT2D eigenvalue weighted by molar-refractivity contribution is -0.136. The SMILES string of the molecule is CCOc1cc(CC(=O)O)ccc1-c1nc(NN)c(N)c(=O)[nH]1. The van der Waals surface area contributed by atoms with E-state index in [0.717, 1.165) is 0 Å². The maximum absolute atomic E-state index is 11.8. The van der Waals surface area contributed by atoms with E-state index in [0.29, 0.717) is 23.5 Å². The van der Waals surface area contributed by atoms with Gasteiger partial charge in [-0.1, -0.05) is 6.07 Å². The highest BCUT2D eigenvalue weighted by Crippen LogP contribution is 2.29. The van der Waals surface area contributed by atoms with Crippen LogP contribution < -0.4 is 27.3 Å². The molecule has 0 amide bonds. The van der Waals surface area contributed by atoms with Gasteiger partial charge in [-0.25, -0.2) is 10.8 Å². The van der Waals surface area contributed by atoms with E-state index in [1.54, 1.807) is 25.1 Å². The highest BCUT2D eigenvalue weighted by molar-refractivity contribution is 5.73. The van der Waals surface area contributed by atoms with E-state index in [1.807, 2.05) is 0 Å². The molecule has 1 aromatic heterocycles. The first-order valence-corrected chi connectivity index (χ1v) is 6.80. The number of hydrazine groups is 1. The Morgan fingerprint density at radius 1 is 1.48 bits per heavy atom. The second kappa shape index (κ2) is 6.79. The van der Waals surface area contributed by atoms with Gasteiger partial charge >= 0.3 is 5.97 Å². The van der Waals surface area contributed by atoms with Crippen LogP contribution in [0.4, 0.5) is 11.5 Å². The second-order valence-electron chi connectivity index (χ2n) is 4.66. The molecule has 0 radical (unpaired) electrons. The minimum Gasteiger partial charge on any atom is -0.493 e. The number of anilines is 2. The van der Waals surface area contributed by atoms with Crippen molar-refractivity contribution in [2.24, 2.45) is 5.84 Å². The number of benzene rings is 1. The molecule has 9 nitrogen and oxygen atoms in total. The van der Waals surface area contributed by atoms with E-state index in [-0.39, 0.29) is 23.8 Å². The van der Waals surface area contributed by atoms with Crippen LogP contribution in [0.2, 0.25) is 0 Å². The van der Waals surface area contributed by atoms with Crippen molar-refractivity contribution in [2.75, 3.05) is 17.8 Å². The molecule has 0 aliphatic heterocycles. The molecule has 0 aliphatic carbocycles. The summed E-state index contributed by atoms with van der Waals surface area (Å²) in [6.45, 7) is 2.16. The summed E-state index contributed by atoms with van der Waals surface area (Å²) < 4.78 is 5.52. The molecule has 7 N–H and O–H groups in total. The summed E-state index contributed by atoms with van der Waals surface area (Å²) in [5.41, 5.74) is 8.23. The minimum atomic E-state index is -0.950. The van der Waals surface area contributed by atoms with Crippen LogP contribution in [0, 0.1) is 0 Å². The van der Waals surface area contributed by atoms with Crippen LogP contribution in [0.5, 0.6) is 5.75 Å². The van der Waals surface area contributed by atoms with Crippen LogP contribution in [-0.2, 0) is 11.2 Å². The highest BCUT2D eigenvalue weighted by Gasteiger charge is 2.14. The second-order valence-corrected chi connectivity index (χ2v) is 4.66. The van der Waals surface area contributed by atoms with Crippen molar-refractivity contribution in [1.82, 2.24) is 9.97 Å². The zero-order chi connectivity index (χ0) is 17.0. The molecule has 0 spiro atoms. The normalized spacial score (nSPS) is 10.3. The maximum atomic E-state index is 11.8. The molecular weight excluding hydrogens is 302 g/mol. The van der Waals surface area contributed by atoms with E-state index < -0.39 is 11.5 Å². The third-order valence-corrected chi connectivity index (χ3v) is 3.05. The van der Waals surface area contributed by atoms with Crippen LogP contribution in [0.15, 0.2) is 23.0 Å². The third kappa shape index (κ3) is 3.58. The van der Waals surface area contributed by atoms with Gasteiger partial charge in [-0.2, -0.15) is 0 Å². The summed E-state index contributed by atoms with van der Waals surface area (Å²) in [5.74, 6) is 5.01. The number of H-pyrrole nitrogens is 1. The smallest absolute Gasteiger partial charge is 0.307 e. The Kier molecular flexibility index (Phi) is 4.82. The van der Waals surface area contributed by atoms with Crippen LogP contribution in [-0.4, -0.2) is 27.7 Å². The fraction of sp³-hybridized carbons (Fsp3) is 0.214. The molecular formula is C14H17N5O4. The molecule has 1 aromatic carbocycles. The molecule has 0 saturated carbocycles. The predicted octanol–water partition coefficient (Wildman–Crippen LogP) is 0.331. The first kappa shape index (κ1) is 16.3. The lowest BCUT2D eigenvalue weighted by Gasteiger charge is -2.12. The first-order valence-electron chi connectivity index (χ1n) is 6.80. The lowest BCUT2D eigenvalue weighted by atomic mass is 10.1. The molecule has 9 heteroatoms. The number of nitrogen functional groups attached to an aromatic ring is 2. The van der Waals surface area contributed by atoms with Gasteiger partial charge in [0.15, 0.2) is 5.82 Å². The molecule has 1 heterocycles. The van der Waals surface area contributed by atoms with E-state index in [1.165, 1.54) is 0 Å². The molecule has 23 heavy (non-hydrogen) atoms. The Morgan fingerprint density at radius 3 is 2.83 bits per heavy atom. The van der Waals surface area contributed by atoms with E-state index in [9.17, 15) is 9.59 Å². The van der Waals surface area contributed by atoms with Crippen LogP contribution >= 0.6 is 0 Å². The van der Waals surface area contributed by atoms with Crippen molar-refractivity contribution in [3.05, 3.63) is 34.1 Å². The van der Waals surface area contributed by atoms with Crippen LogP contribution in [0.3, 0.4) is 0 Å². The Hall–Kier alpha value is -3.07. The number of ether oxygens (including phenoxy) is 1. The van der Waals surface area contributed by atoms with Crippen LogP contribution in [0.25, 0.3) is 11.4 Å².